The number of likely N-dealkylation sites (tertiary alicyclic amines) is 1. The Balaban J connectivity index is 0.000000605. The summed E-state index contributed by atoms with van der Waals surface area (Å²) in [5.41, 5.74) is 0. The van der Waals surface area contributed by atoms with Gasteiger partial charge in [0.25, 0.3) is 0 Å². The van der Waals surface area contributed by atoms with E-state index in [4.69, 9.17) is 0 Å². The average Bonchev–Trinajstić information content (AvgIpc) is 2.59. The Bertz CT molecular complexity index is 92.7. The highest BCUT2D eigenvalue weighted by Gasteiger charge is 2.23. The molecule has 11 heavy (non-hydrogen) atoms. The molecule has 0 radical (unpaired) electrons. The minimum absolute atomic E-state index is 0. The molecule has 0 amide bonds. The quantitative estimate of drug-likeness (QED) is 0.638. The van der Waals surface area contributed by atoms with Crippen LogP contribution in [0.4, 0.5) is 0 Å². The van der Waals surface area contributed by atoms with Crippen molar-refractivity contribution < 1.29 is 0 Å². The van der Waals surface area contributed by atoms with Crippen LogP contribution in [0.5, 0.6) is 0 Å². The summed E-state index contributed by atoms with van der Waals surface area (Å²) in [5.74, 6) is 0. The van der Waals surface area contributed by atoms with Crippen molar-refractivity contribution in [3.8, 4) is 0 Å². The topological polar surface area (TPSA) is 15.3 Å². The third-order valence-corrected chi connectivity index (χ3v) is 2.69. The predicted octanol–water partition coefficient (Wildman–Crippen LogP) is 0.866. The third kappa shape index (κ3) is 2.08. The van der Waals surface area contributed by atoms with Crippen LogP contribution >= 0.6 is 12.4 Å². The van der Waals surface area contributed by atoms with Crippen LogP contribution < -0.4 is 5.32 Å². The van der Waals surface area contributed by atoms with Gasteiger partial charge in [-0.25, -0.2) is 0 Å². The molecular weight excluding hydrogens is 160 g/mol. The van der Waals surface area contributed by atoms with E-state index < -0.39 is 0 Å². The molecule has 0 aromatic carbocycles. The van der Waals surface area contributed by atoms with Gasteiger partial charge in [0.2, 0.25) is 0 Å². The van der Waals surface area contributed by atoms with Crippen molar-refractivity contribution in [2.24, 2.45) is 0 Å². The molecule has 0 unspecified atom stereocenters. The molecule has 3 heteroatoms. The molecule has 2 aliphatic rings. The molecule has 2 fully saturated rings. The average molecular weight is 177 g/mol. The van der Waals surface area contributed by atoms with Crippen LogP contribution in [0.15, 0.2) is 0 Å². The molecule has 0 aromatic rings. The lowest BCUT2D eigenvalue weighted by Crippen LogP contribution is -2.34. The van der Waals surface area contributed by atoms with Crippen molar-refractivity contribution >= 4 is 12.4 Å². The van der Waals surface area contributed by atoms with Crippen LogP contribution in [0, 0.1) is 0 Å². The number of nitrogens with one attached hydrogen (secondary N) is 1. The first-order valence-corrected chi connectivity index (χ1v) is 4.41. The Kier molecular flexibility index (Phi) is 3.63. The van der Waals surface area contributed by atoms with Crippen molar-refractivity contribution in [1.29, 1.82) is 0 Å². The zero-order valence-corrected chi connectivity index (χ0v) is 7.70. The maximum absolute atomic E-state index is 3.41. The zero-order chi connectivity index (χ0) is 6.81. The number of halogens is 1. The van der Waals surface area contributed by atoms with E-state index >= 15 is 0 Å². The molecule has 0 aliphatic carbocycles. The van der Waals surface area contributed by atoms with Crippen LogP contribution in [0.2, 0.25) is 0 Å². The summed E-state index contributed by atoms with van der Waals surface area (Å²) in [6, 6.07) is 0.877. The largest absolute Gasteiger partial charge is 0.315 e. The van der Waals surface area contributed by atoms with Crippen molar-refractivity contribution in [1.82, 2.24) is 10.2 Å². The standard InChI is InChI=1S/C8H16N2.ClH/c1-2-6-10(5-1)8-3-4-9-7-8;/h8-9H,1-7H2;1H/t8-;/m1./s1. The van der Waals surface area contributed by atoms with Gasteiger partial charge in [0.1, 0.15) is 0 Å². The number of rotatable bonds is 1. The predicted molar refractivity (Wildman–Crippen MR) is 49.3 cm³/mol. The van der Waals surface area contributed by atoms with Gasteiger partial charge in [0.05, 0.1) is 0 Å². The minimum atomic E-state index is 0. The molecule has 0 saturated carbocycles. The molecule has 2 heterocycles. The first kappa shape index (κ1) is 9.30. The fraction of sp³-hybridized carbons (Fsp3) is 1.00. The summed E-state index contributed by atoms with van der Waals surface area (Å²) in [6.07, 6.45) is 4.23. The van der Waals surface area contributed by atoms with E-state index in [1.54, 1.807) is 0 Å². The Morgan fingerprint density at radius 1 is 1.18 bits per heavy atom. The Hall–Kier alpha value is 0.210. The lowest BCUT2D eigenvalue weighted by Gasteiger charge is -2.21. The van der Waals surface area contributed by atoms with Gasteiger partial charge >= 0.3 is 0 Å². The van der Waals surface area contributed by atoms with Gasteiger partial charge in [-0.1, -0.05) is 0 Å². The molecule has 1 atom stereocenters. The molecule has 0 spiro atoms. The van der Waals surface area contributed by atoms with Crippen molar-refractivity contribution in [2.45, 2.75) is 25.3 Å². The van der Waals surface area contributed by atoms with E-state index in [1.807, 2.05) is 0 Å². The van der Waals surface area contributed by atoms with Gasteiger partial charge < -0.3 is 5.32 Å². The fourth-order valence-corrected chi connectivity index (χ4v) is 2.06. The van der Waals surface area contributed by atoms with E-state index in [9.17, 15) is 0 Å². The second kappa shape index (κ2) is 4.29. The van der Waals surface area contributed by atoms with Crippen LogP contribution in [-0.2, 0) is 0 Å². The lowest BCUT2D eigenvalue weighted by atomic mass is 10.2. The normalized spacial score (nSPS) is 32.2. The molecule has 2 nitrogen and oxygen atoms in total. The van der Waals surface area contributed by atoms with Crippen LogP contribution in [0.3, 0.4) is 0 Å². The highest BCUT2D eigenvalue weighted by Crippen LogP contribution is 2.15. The third-order valence-electron chi connectivity index (χ3n) is 2.69. The molecule has 2 saturated heterocycles. The summed E-state index contributed by atoms with van der Waals surface area (Å²) >= 11 is 0. The van der Waals surface area contributed by atoms with Crippen LogP contribution in [0.1, 0.15) is 19.3 Å². The summed E-state index contributed by atoms with van der Waals surface area (Å²) in [7, 11) is 0. The van der Waals surface area contributed by atoms with Crippen LogP contribution in [-0.4, -0.2) is 37.1 Å². The molecule has 1 N–H and O–H groups in total. The summed E-state index contributed by atoms with van der Waals surface area (Å²) in [5, 5.41) is 3.41. The maximum Gasteiger partial charge on any atom is 0.0232 e. The molecule has 0 bridgehead atoms. The molecule has 66 valence electrons. The van der Waals surface area contributed by atoms with Gasteiger partial charge in [-0.15, -0.1) is 12.4 Å². The minimum Gasteiger partial charge on any atom is -0.315 e. The summed E-state index contributed by atoms with van der Waals surface area (Å²) < 4.78 is 0. The zero-order valence-electron chi connectivity index (χ0n) is 6.88. The second-order valence-electron chi connectivity index (χ2n) is 3.39. The molecule has 2 rings (SSSR count). The second-order valence-corrected chi connectivity index (χ2v) is 3.39. The Labute approximate surface area is 74.7 Å². The van der Waals surface area contributed by atoms with E-state index in [-0.39, 0.29) is 12.4 Å². The molecular formula is C8H17ClN2. The van der Waals surface area contributed by atoms with E-state index in [0.29, 0.717) is 0 Å². The van der Waals surface area contributed by atoms with Gasteiger partial charge in [0.15, 0.2) is 0 Å². The maximum atomic E-state index is 3.41. The van der Waals surface area contributed by atoms with Gasteiger partial charge in [-0.2, -0.15) is 0 Å². The SMILES string of the molecule is C1CCN([C@@H]2CCNC2)C1.Cl. The molecule has 2 aliphatic heterocycles. The van der Waals surface area contributed by atoms with Gasteiger partial charge in [0, 0.05) is 12.6 Å². The van der Waals surface area contributed by atoms with Crippen molar-refractivity contribution in [3.05, 3.63) is 0 Å². The highest BCUT2D eigenvalue weighted by molar-refractivity contribution is 5.85. The van der Waals surface area contributed by atoms with E-state index in [0.717, 1.165) is 6.04 Å². The van der Waals surface area contributed by atoms with Gasteiger partial charge in [-0.3, -0.25) is 4.90 Å². The Morgan fingerprint density at radius 2 is 1.91 bits per heavy atom. The summed E-state index contributed by atoms with van der Waals surface area (Å²) in [6.45, 7) is 5.18. The van der Waals surface area contributed by atoms with Crippen molar-refractivity contribution in [3.63, 3.8) is 0 Å². The van der Waals surface area contributed by atoms with E-state index in [1.165, 1.54) is 45.4 Å². The number of hydrogen-bond donors (Lipinski definition) is 1. The first-order valence-electron chi connectivity index (χ1n) is 4.41. The monoisotopic (exact) mass is 176 g/mol. The number of nitrogens with zero attached hydrogens (tertiary/aromatic N) is 1. The summed E-state index contributed by atoms with van der Waals surface area (Å²) in [4.78, 5) is 2.64. The first-order chi connectivity index (χ1) is 4.97. The highest BCUT2D eigenvalue weighted by atomic mass is 35.5. The number of hydrogen-bond acceptors (Lipinski definition) is 2. The van der Waals surface area contributed by atoms with Gasteiger partial charge in [-0.05, 0) is 38.9 Å². The Morgan fingerprint density at radius 3 is 2.45 bits per heavy atom. The van der Waals surface area contributed by atoms with Crippen LogP contribution in [0.25, 0.3) is 0 Å². The fourth-order valence-electron chi connectivity index (χ4n) is 2.06. The lowest BCUT2D eigenvalue weighted by molar-refractivity contribution is 0.258. The van der Waals surface area contributed by atoms with Crippen molar-refractivity contribution in [2.75, 3.05) is 26.2 Å². The smallest absolute Gasteiger partial charge is 0.0232 e. The van der Waals surface area contributed by atoms with E-state index in [2.05, 4.69) is 10.2 Å². The molecule has 0 aromatic heterocycles.